The minimum Gasteiger partial charge on any atom is -0.453 e. The first-order chi connectivity index (χ1) is 12.6. The number of methoxy groups -OCH3 is 1. The number of nitrogens with one attached hydrogen (secondary N) is 2. The molecule has 0 fully saturated rings. The standard InChI is InChI=1S/C19H18N2O4S/c1-25-19(24)21-17(23)16-13-8-5-9-14(13)26-18(16)20-15(22)11-10-12-6-3-2-4-7-12/h2-4,6-7,10-11H,5,8-9H2,1H3,(H,20,22)(H,21,23,24)/b11-10+. The number of anilines is 1. The molecule has 0 saturated carbocycles. The molecule has 6 nitrogen and oxygen atoms in total. The molecular formula is C19H18N2O4S. The number of rotatable bonds is 4. The van der Waals surface area contributed by atoms with Crippen molar-refractivity contribution in [2.75, 3.05) is 12.4 Å². The summed E-state index contributed by atoms with van der Waals surface area (Å²) in [6.07, 6.45) is 4.88. The van der Waals surface area contributed by atoms with Crippen LogP contribution in [0.1, 0.15) is 32.8 Å². The van der Waals surface area contributed by atoms with Crippen molar-refractivity contribution < 1.29 is 19.1 Å². The zero-order chi connectivity index (χ0) is 18.5. The van der Waals surface area contributed by atoms with Crippen molar-refractivity contribution in [1.29, 1.82) is 0 Å². The van der Waals surface area contributed by atoms with Gasteiger partial charge < -0.3 is 10.1 Å². The van der Waals surface area contributed by atoms with Gasteiger partial charge in [-0.15, -0.1) is 11.3 Å². The van der Waals surface area contributed by atoms with Crippen LogP contribution in [0.2, 0.25) is 0 Å². The summed E-state index contributed by atoms with van der Waals surface area (Å²) in [5, 5.41) is 5.39. The van der Waals surface area contributed by atoms with Crippen molar-refractivity contribution in [2.24, 2.45) is 0 Å². The summed E-state index contributed by atoms with van der Waals surface area (Å²) >= 11 is 1.38. The fourth-order valence-electron chi connectivity index (χ4n) is 2.83. The number of aryl methyl sites for hydroxylation is 1. The quantitative estimate of drug-likeness (QED) is 0.808. The van der Waals surface area contributed by atoms with E-state index in [4.69, 9.17) is 0 Å². The van der Waals surface area contributed by atoms with E-state index in [9.17, 15) is 14.4 Å². The first kappa shape index (κ1) is 17.9. The molecule has 0 radical (unpaired) electrons. The van der Waals surface area contributed by atoms with Gasteiger partial charge in [-0.2, -0.15) is 0 Å². The van der Waals surface area contributed by atoms with Crippen LogP contribution in [0.25, 0.3) is 6.08 Å². The first-order valence-corrected chi connectivity index (χ1v) is 8.98. The highest BCUT2D eigenvalue weighted by molar-refractivity contribution is 7.17. The Balaban J connectivity index is 1.79. The second-order valence-electron chi connectivity index (χ2n) is 5.74. The zero-order valence-electron chi connectivity index (χ0n) is 14.2. The molecule has 1 aromatic heterocycles. The van der Waals surface area contributed by atoms with Gasteiger partial charge >= 0.3 is 6.09 Å². The number of imide groups is 1. The van der Waals surface area contributed by atoms with Crippen molar-refractivity contribution in [2.45, 2.75) is 19.3 Å². The Bertz CT molecular complexity index is 871. The Kier molecular flexibility index (Phi) is 5.48. The normalized spacial score (nSPS) is 12.7. The van der Waals surface area contributed by atoms with Gasteiger partial charge in [0.05, 0.1) is 12.7 Å². The number of alkyl carbamates (subject to hydrolysis) is 1. The first-order valence-electron chi connectivity index (χ1n) is 8.16. The molecule has 3 rings (SSSR count). The number of carbonyl (C=O) groups excluding carboxylic acids is 3. The van der Waals surface area contributed by atoms with Gasteiger partial charge in [0.25, 0.3) is 5.91 Å². The number of carbonyl (C=O) groups is 3. The Labute approximate surface area is 154 Å². The van der Waals surface area contributed by atoms with Crippen molar-refractivity contribution in [1.82, 2.24) is 5.32 Å². The molecule has 0 unspecified atom stereocenters. The molecule has 2 aromatic rings. The van der Waals surface area contributed by atoms with Crippen LogP contribution in [0.4, 0.5) is 9.80 Å². The van der Waals surface area contributed by atoms with Gasteiger partial charge in [0.15, 0.2) is 0 Å². The van der Waals surface area contributed by atoms with E-state index in [2.05, 4.69) is 15.4 Å². The molecule has 0 atom stereocenters. The second kappa shape index (κ2) is 7.97. The highest BCUT2D eigenvalue weighted by atomic mass is 32.1. The fourth-order valence-corrected chi connectivity index (χ4v) is 4.12. The van der Waals surface area contributed by atoms with Crippen LogP contribution in [-0.2, 0) is 22.4 Å². The number of amides is 3. The van der Waals surface area contributed by atoms with E-state index in [0.29, 0.717) is 10.6 Å². The van der Waals surface area contributed by atoms with Crippen molar-refractivity contribution in [3.8, 4) is 0 Å². The lowest BCUT2D eigenvalue weighted by molar-refractivity contribution is -0.111. The second-order valence-corrected chi connectivity index (χ2v) is 6.85. The van der Waals surface area contributed by atoms with Crippen LogP contribution in [0, 0.1) is 0 Å². The maximum atomic E-state index is 12.4. The number of fused-ring (bicyclic) bond motifs is 1. The Morgan fingerprint density at radius 3 is 2.65 bits per heavy atom. The molecule has 26 heavy (non-hydrogen) atoms. The minimum atomic E-state index is -0.825. The number of hydrogen-bond acceptors (Lipinski definition) is 5. The fraction of sp³-hybridized carbons (Fsp3) is 0.211. The molecule has 2 N–H and O–H groups in total. The van der Waals surface area contributed by atoms with E-state index in [1.165, 1.54) is 24.5 Å². The highest BCUT2D eigenvalue weighted by Gasteiger charge is 2.28. The molecule has 1 aliphatic carbocycles. The van der Waals surface area contributed by atoms with E-state index in [-0.39, 0.29) is 5.91 Å². The summed E-state index contributed by atoms with van der Waals surface area (Å²) in [7, 11) is 1.19. The smallest absolute Gasteiger partial charge is 0.413 e. The molecule has 0 bridgehead atoms. The molecule has 1 aromatic carbocycles. The third-order valence-corrected chi connectivity index (χ3v) is 5.22. The van der Waals surface area contributed by atoms with E-state index in [1.807, 2.05) is 30.3 Å². The maximum Gasteiger partial charge on any atom is 0.413 e. The number of ether oxygens (including phenoxy) is 1. The van der Waals surface area contributed by atoms with E-state index in [0.717, 1.165) is 35.3 Å². The monoisotopic (exact) mass is 370 g/mol. The molecule has 0 aliphatic heterocycles. The van der Waals surface area contributed by atoms with Crippen molar-refractivity contribution >= 4 is 40.3 Å². The SMILES string of the molecule is COC(=O)NC(=O)c1c(NC(=O)/C=C/c2ccccc2)sc2c1CCC2. The Morgan fingerprint density at radius 2 is 1.92 bits per heavy atom. The van der Waals surface area contributed by atoms with Gasteiger partial charge in [-0.05, 0) is 36.5 Å². The van der Waals surface area contributed by atoms with Crippen LogP contribution < -0.4 is 10.6 Å². The summed E-state index contributed by atoms with van der Waals surface area (Å²) in [6.45, 7) is 0. The summed E-state index contributed by atoms with van der Waals surface area (Å²) in [6, 6.07) is 9.45. The van der Waals surface area contributed by atoms with Gasteiger partial charge in [-0.3, -0.25) is 14.9 Å². The predicted molar refractivity (Wildman–Crippen MR) is 100 cm³/mol. The average Bonchev–Trinajstić information content (AvgIpc) is 3.21. The van der Waals surface area contributed by atoms with Gasteiger partial charge in [0, 0.05) is 11.0 Å². The topological polar surface area (TPSA) is 84.5 Å². The van der Waals surface area contributed by atoms with E-state index in [1.54, 1.807) is 6.08 Å². The molecular weight excluding hydrogens is 352 g/mol. The van der Waals surface area contributed by atoms with Gasteiger partial charge in [0.1, 0.15) is 5.00 Å². The maximum absolute atomic E-state index is 12.4. The highest BCUT2D eigenvalue weighted by Crippen LogP contribution is 2.39. The molecule has 134 valence electrons. The molecule has 1 heterocycles. The van der Waals surface area contributed by atoms with Gasteiger partial charge in [0.2, 0.25) is 5.91 Å². The lowest BCUT2D eigenvalue weighted by atomic mass is 10.1. The Morgan fingerprint density at radius 1 is 1.15 bits per heavy atom. The van der Waals surface area contributed by atoms with E-state index < -0.39 is 12.0 Å². The number of thiophene rings is 1. The minimum absolute atomic E-state index is 0.333. The van der Waals surface area contributed by atoms with Crippen LogP contribution in [0.5, 0.6) is 0 Å². The number of benzene rings is 1. The van der Waals surface area contributed by atoms with Crippen LogP contribution in [-0.4, -0.2) is 25.0 Å². The summed E-state index contributed by atoms with van der Waals surface area (Å²) in [4.78, 5) is 37.1. The average molecular weight is 370 g/mol. The van der Waals surface area contributed by atoms with Gasteiger partial charge in [-0.25, -0.2) is 4.79 Å². The third-order valence-electron chi connectivity index (χ3n) is 4.01. The van der Waals surface area contributed by atoms with Crippen molar-refractivity contribution in [3.63, 3.8) is 0 Å². The molecule has 7 heteroatoms. The lowest BCUT2D eigenvalue weighted by Gasteiger charge is -2.07. The predicted octanol–water partition coefficient (Wildman–Crippen LogP) is 3.38. The number of hydrogen-bond donors (Lipinski definition) is 2. The molecule has 1 aliphatic rings. The molecule has 0 saturated heterocycles. The molecule has 3 amide bonds. The lowest BCUT2D eigenvalue weighted by Crippen LogP contribution is -2.31. The third kappa shape index (κ3) is 4.00. The zero-order valence-corrected chi connectivity index (χ0v) is 15.0. The van der Waals surface area contributed by atoms with Gasteiger partial charge in [-0.1, -0.05) is 30.3 Å². The van der Waals surface area contributed by atoms with Crippen LogP contribution in [0.3, 0.4) is 0 Å². The summed E-state index contributed by atoms with van der Waals surface area (Å²) < 4.78 is 4.48. The van der Waals surface area contributed by atoms with Crippen LogP contribution >= 0.6 is 11.3 Å². The van der Waals surface area contributed by atoms with Crippen LogP contribution in [0.15, 0.2) is 36.4 Å². The largest absolute Gasteiger partial charge is 0.453 e. The van der Waals surface area contributed by atoms with E-state index >= 15 is 0 Å². The Hall–Kier alpha value is -2.93. The molecule has 0 spiro atoms. The van der Waals surface area contributed by atoms with Crippen molar-refractivity contribution in [3.05, 3.63) is 58.0 Å². The summed E-state index contributed by atoms with van der Waals surface area (Å²) in [5.41, 5.74) is 2.16. The summed E-state index contributed by atoms with van der Waals surface area (Å²) in [5.74, 6) is -0.889.